The second kappa shape index (κ2) is 4.68. The summed E-state index contributed by atoms with van der Waals surface area (Å²) in [7, 11) is 0.987. The number of carbonyl (C=O) groups is 1. The van der Waals surface area contributed by atoms with Gasteiger partial charge < -0.3 is 15.8 Å². The number of nitrogens with zero attached hydrogens (tertiary/aromatic N) is 2. The van der Waals surface area contributed by atoms with Crippen LogP contribution in [0, 0.1) is 0 Å². The fourth-order valence-electron chi connectivity index (χ4n) is 0.682. The molecule has 0 aromatic carbocycles. The summed E-state index contributed by atoms with van der Waals surface area (Å²) < 4.78 is 35.3. The zero-order valence-electron chi connectivity index (χ0n) is 7.38. The molecule has 0 aromatic rings. The van der Waals surface area contributed by atoms with Crippen LogP contribution >= 0.6 is 0 Å². The Morgan fingerprint density at radius 2 is 2.07 bits per heavy atom. The monoisotopic (exact) mass is 213 g/mol. The molecule has 0 heterocycles. The van der Waals surface area contributed by atoms with Crippen LogP contribution < -0.4 is 5.73 Å². The Kier molecular flexibility index (Phi) is 4.19. The molecule has 0 radical (unpaired) electrons. The lowest BCUT2D eigenvalue weighted by Crippen LogP contribution is -2.37. The van der Waals surface area contributed by atoms with E-state index in [1.807, 2.05) is 0 Å². The normalized spacial score (nSPS) is 12.7. The van der Waals surface area contributed by atoms with Crippen LogP contribution in [0.25, 0.3) is 0 Å². The molecule has 8 heteroatoms. The minimum absolute atomic E-state index is 0.427. The van der Waals surface area contributed by atoms with Crippen molar-refractivity contribution in [2.24, 2.45) is 10.9 Å². The summed E-state index contributed by atoms with van der Waals surface area (Å²) in [4.78, 5) is 11.4. The van der Waals surface area contributed by atoms with Gasteiger partial charge in [0.25, 0.3) is 0 Å². The molecule has 14 heavy (non-hydrogen) atoms. The SMILES string of the molecule is CN(CC(F)(F)F)C(=O)C/C(N)=N/O. The lowest BCUT2D eigenvalue weighted by molar-refractivity contribution is -0.157. The highest BCUT2D eigenvalue weighted by atomic mass is 19.4. The van der Waals surface area contributed by atoms with Gasteiger partial charge in [0, 0.05) is 7.05 Å². The Labute approximate surface area is 78.0 Å². The predicted molar refractivity (Wildman–Crippen MR) is 41.7 cm³/mol. The maximum absolute atomic E-state index is 11.8. The third-order valence-electron chi connectivity index (χ3n) is 1.30. The molecule has 5 nitrogen and oxygen atoms in total. The lowest BCUT2D eigenvalue weighted by atomic mass is 10.3. The molecule has 3 N–H and O–H groups in total. The molecule has 82 valence electrons. The van der Waals surface area contributed by atoms with Crippen molar-refractivity contribution < 1.29 is 23.2 Å². The molecule has 0 unspecified atom stereocenters. The van der Waals surface area contributed by atoms with Gasteiger partial charge in [-0.1, -0.05) is 5.16 Å². The van der Waals surface area contributed by atoms with Crippen LogP contribution in [0.2, 0.25) is 0 Å². The van der Waals surface area contributed by atoms with Gasteiger partial charge >= 0.3 is 6.18 Å². The molecule has 0 aromatic heterocycles. The summed E-state index contributed by atoms with van der Waals surface area (Å²) >= 11 is 0. The molecule has 0 aliphatic rings. The Morgan fingerprint density at radius 1 is 1.57 bits per heavy atom. The highest BCUT2D eigenvalue weighted by Crippen LogP contribution is 2.15. The van der Waals surface area contributed by atoms with Crippen molar-refractivity contribution in [3.63, 3.8) is 0 Å². The van der Waals surface area contributed by atoms with E-state index in [-0.39, 0.29) is 0 Å². The maximum Gasteiger partial charge on any atom is 0.406 e. The summed E-state index contributed by atoms with van der Waals surface area (Å²) in [5.41, 5.74) is 4.95. The first kappa shape index (κ1) is 12.5. The van der Waals surface area contributed by atoms with E-state index in [2.05, 4.69) is 5.16 Å². The fraction of sp³-hybridized carbons (Fsp3) is 0.667. The average Bonchev–Trinajstić information content (AvgIpc) is 2.00. The second-order valence-electron chi connectivity index (χ2n) is 2.63. The lowest BCUT2D eigenvalue weighted by Gasteiger charge is -2.18. The molecule has 0 atom stereocenters. The van der Waals surface area contributed by atoms with Crippen molar-refractivity contribution in [3.05, 3.63) is 0 Å². The number of amides is 1. The smallest absolute Gasteiger partial charge is 0.406 e. The molecule has 0 fully saturated rings. The topological polar surface area (TPSA) is 78.9 Å². The van der Waals surface area contributed by atoms with E-state index in [0.717, 1.165) is 7.05 Å². The number of hydrogen-bond acceptors (Lipinski definition) is 3. The minimum Gasteiger partial charge on any atom is -0.409 e. The van der Waals surface area contributed by atoms with Crippen LogP contribution in [-0.2, 0) is 4.79 Å². The van der Waals surface area contributed by atoms with Gasteiger partial charge in [0.05, 0.1) is 6.42 Å². The van der Waals surface area contributed by atoms with E-state index >= 15 is 0 Å². The van der Waals surface area contributed by atoms with Gasteiger partial charge in [-0.05, 0) is 0 Å². The van der Waals surface area contributed by atoms with Crippen LogP contribution in [0.3, 0.4) is 0 Å². The molecule has 0 aliphatic heterocycles. The van der Waals surface area contributed by atoms with Crippen LogP contribution in [0.4, 0.5) is 13.2 Å². The van der Waals surface area contributed by atoms with Crippen molar-refractivity contribution in [2.75, 3.05) is 13.6 Å². The molecule has 0 saturated heterocycles. The molecular formula is C6H10F3N3O2. The summed E-state index contributed by atoms with van der Waals surface area (Å²) in [6.45, 7) is -1.36. The standard InChI is InChI=1S/C6H10F3N3O2/c1-12(3-6(7,8)9)5(13)2-4(10)11-14/h14H,2-3H2,1H3,(H2,10,11). The highest BCUT2D eigenvalue weighted by Gasteiger charge is 2.31. The van der Waals surface area contributed by atoms with Crippen LogP contribution in [0.5, 0.6) is 0 Å². The number of halogens is 3. The molecule has 0 rings (SSSR count). The van der Waals surface area contributed by atoms with Gasteiger partial charge in [-0.15, -0.1) is 0 Å². The molecule has 0 bridgehead atoms. The molecule has 0 aliphatic carbocycles. The quantitative estimate of drug-likeness (QED) is 0.303. The first-order valence-corrected chi connectivity index (χ1v) is 3.53. The van der Waals surface area contributed by atoms with Crippen molar-refractivity contribution in [1.29, 1.82) is 0 Å². The van der Waals surface area contributed by atoms with Gasteiger partial charge in [-0.2, -0.15) is 13.2 Å². The zero-order chi connectivity index (χ0) is 11.4. The largest absolute Gasteiger partial charge is 0.409 e. The second-order valence-corrected chi connectivity index (χ2v) is 2.63. The molecule has 1 amide bonds. The number of amidine groups is 1. The summed E-state index contributed by atoms with van der Waals surface area (Å²) in [5, 5.41) is 10.5. The number of hydrogen-bond donors (Lipinski definition) is 2. The summed E-state index contributed by atoms with van der Waals surface area (Å²) in [5.74, 6) is -1.29. The Balaban J connectivity index is 4.14. The van der Waals surface area contributed by atoms with Crippen molar-refractivity contribution in [1.82, 2.24) is 4.90 Å². The Hall–Kier alpha value is -1.47. The van der Waals surface area contributed by atoms with Gasteiger partial charge in [0.1, 0.15) is 12.4 Å². The maximum atomic E-state index is 11.8. The van der Waals surface area contributed by atoms with Crippen LogP contribution in [0.1, 0.15) is 6.42 Å². The molecule has 0 saturated carbocycles. The van der Waals surface area contributed by atoms with E-state index in [0.29, 0.717) is 4.90 Å². The number of nitrogens with two attached hydrogens (primary N) is 1. The Bertz CT molecular complexity index is 239. The van der Waals surface area contributed by atoms with E-state index in [9.17, 15) is 18.0 Å². The minimum atomic E-state index is -4.45. The number of oxime groups is 1. The first-order valence-electron chi connectivity index (χ1n) is 3.53. The first-order chi connectivity index (χ1) is 6.26. The van der Waals surface area contributed by atoms with Gasteiger partial charge in [0.2, 0.25) is 5.91 Å². The number of rotatable bonds is 3. The van der Waals surface area contributed by atoms with E-state index in [1.165, 1.54) is 0 Å². The van der Waals surface area contributed by atoms with Gasteiger partial charge in [-0.3, -0.25) is 4.79 Å². The predicted octanol–water partition coefficient (Wildman–Crippen LogP) is 0.144. The van der Waals surface area contributed by atoms with Gasteiger partial charge in [0.15, 0.2) is 0 Å². The fourth-order valence-corrected chi connectivity index (χ4v) is 0.682. The average molecular weight is 213 g/mol. The van der Waals surface area contributed by atoms with E-state index < -0.39 is 30.9 Å². The molecular weight excluding hydrogens is 203 g/mol. The molecule has 0 spiro atoms. The number of alkyl halides is 3. The van der Waals surface area contributed by atoms with Crippen molar-refractivity contribution >= 4 is 11.7 Å². The van der Waals surface area contributed by atoms with E-state index in [1.54, 1.807) is 0 Å². The summed E-state index contributed by atoms with van der Waals surface area (Å²) in [6, 6.07) is 0. The van der Waals surface area contributed by atoms with Crippen LogP contribution in [0.15, 0.2) is 5.16 Å². The summed E-state index contributed by atoms with van der Waals surface area (Å²) in [6.07, 6.45) is -4.99. The van der Waals surface area contributed by atoms with Crippen molar-refractivity contribution in [3.8, 4) is 0 Å². The zero-order valence-corrected chi connectivity index (χ0v) is 7.38. The highest BCUT2D eigenvalue weighted by molar-refractivity contribution is 5.98. The third-order valence-corrected chi connectivity index (χ3v) is 1.30. The van der Waals surface area contributed by atoms with Crippen LogP contribution in [-0.4, -0.2) is 41.6 Å². The number of carbonyl (C=O) groups excluding carboxylic acids is 1. The van der Waals surface area contributed by atoms with E-state index in [4.69, 9.17) is 10.9 Å². The van der Waals surface area contributed by atoms with Gasteiger partial charge in [-0.25, -0.2) is 0 Å². The third kappa shape index (κ3) is 5.22. The Morgan fingerprint density at radius 3 is 2.43 bits per heavy atom. The van der Waals surface area contributed by atoms with Crippen molar-refractivity contribution in [2.45, 2.75) is 12.6 Å².